The van der Waals surface area contributed by atoms with Crippen LogP contribution in [0, 0.1) is 10.1 Å². The molecule has 9 nitrogen and oxygen atoms in total. The number of rotatable bonds is 7. The first kappa shape index (κ1) is 19.0. The zero-order valence-electron chi connectivity index (χ0n) is 15.4. The van der Waals surface area contributed by atoms with Crippen molar-refractivity contribution in [1.82, 2.24) is 19.7 Å². The topological polar surface area (TPSA) is 103 Å². The van der Waals surface area contributed by atoms with Gasteiger partial charge in [0.05, 0.1) is 22.7 Å². The minimum atomic E-state index is -0.508. The summed E-state index contributed by atoms with van der Waals surface area (Å²) in [4.78, 5) is 28.2. The van der Waals surface area contributed by atoms with Gasteiger partial charge in [0.2, 0.25) is 0 Å². The van der Waals surface area contributed by atoms with E-state index in [2.05, 4.69) is 10.1 Å². The largest absolute Gasteiger partial charge is 0.484 e. The monoisotopic (exact) mass is 381 g/mol. The fraction of sp³-hybridized carbons (Fsp3) is 0.211. The van der Waals surface area contributed by atoms with E-state index in [1.54, 1.807) is 29.0 Å². The summed E-state index contributed by atoms with van der Waals surface area (Å²) >= 11 is 0. The number of non-ortho nitro benzene ring substituents is 1. The van der Waals surface area contributed by atoms with Gasteiger partial charge in [-0.2, -0.15) is 5.10 Å². The molecule has 28 heavy (non-hydrogen) atoms. The molecule has 1 atom stereocenters. The first-order valence-corrected chi connectivity index (χ1v) is 8.53. The maximum absolute atomic E-state index is 12.4. The van der Waals surface area contributed by atoms with Crippen molar-refractivity contribution in [3.63, 3.8) is 0 Å². The van der Waals surface area contributed by atoms with Crippen molar-refractivity contribution in [2.45, 2.75) is 13.0 Å². The third-order valence-corrected chi connectivity index (χ3v) is 4.42. The third-order valence-electron chi connectivity index (χ3n) is 4.42. The van der Waals surface area contributed by atoms with Crippen LogP contribution in [0.1, 0.15) is 18.5 Å². The van der Waals surface area contributed by atoms with E-state index in [1.807, 2.05) is 31.2 Å². The Morgan fingerprint density at radius 2 is 2.04 bits per heavy atom. The predicted molar refractivity (Wildman–Crippen MR) is 101 cm³/mol. The van der Waals surface area contributed by atoms with Crippen molar-refractivity contribution in [2.75, 3.05) is 13.7 Å². The van der Waals surface area contributed by atoms with Crippen LogP contribution < -0.4 is 4.74 Å². The van der Waals surface area contributed by atoms with Gasteiger partial charge in [-0.3, -0.25) is 14.9 Å². The van der Waals surface area contributed by atoms with E-state index in [9.17, 15) is 14.9 Å². The van der Waals surface area contributed by atoms with E-state index in [0.29, 0.717) is 0 Å². The first-order chi connectivity index (χ1) is 13.5. The van der Waals surface area contributed by atoms with Gasteiger partial charge < -0.3 is 9.64 Å². The van der Waals surface area contributed by atoms with Crippen LogP contribution in [-0.2, 0) is 4.79 Å². The van der Waals surface area contributed by atoms with Crippen LogP contribution in [0.15, 0.2) is 61.2 Å². The van der Waals surface area contributed by atoms with E-state index >= 15 is 0 Å². The maximum Gasteiger partial charge on any atom is 0.273 e. The summed E-state index contributed by atoms with van der Waals surface area (Å²) in [6.45, 7) is 1.70. The van der Waals surface area contributed by atoms with Crippen molar-refractivity contribution in [2.24, 2.45) is 0 Å². The zero-order chi connectivity index (χ0) is 20.1. The number of carbonyl (C=O) groups is 1. The highest BCUT2D eigenvalue weighted by Gasteiger charge is 2.18. The number of likely N-dealkylation sites (N-methyl/N-ethyl adjacent to an activating group) is 1. The fourth-order valence-electron chi connectivity index (χ4n) is 2.62. The first-order valence-electron chi connectivity index (χ1n) is 8.53. The zero-order valence-corrected chi connectivity index (χ0v) is 15.4. The van der Waals surface area contributed by atoms with Crippen LogP contribution >= 0.6 is 0 Å². The molecule has 3 rings (SSSR count). The summed E-state index contributed by atoms with van der Waals surface area (Å²) in [5.74, 6) is 0.0418. The van der Waals surface area contributed by atoms with Crippen LogP contribution in [0.3, 0.4) is 0 Å². The molecule has 1 amide bonds. The summed E-state index contributed by atoms with van der Waals surface area (Å²) < 4.78 is 7.07. The van der Waals surface area contributed by atoms with Gasteiger partial charge in [-0.25, -0.2) is 9.67 Å². The second kappa shape index (κ2) is 8.30. The number of carbonyl (C=O) groups excluding carboxylic acids is 1. The molecular formula is C19H19N5O4. The SMILES string of the molecule is CC(c1ccc(-n2cncn2)cc1)N(C)C(=O)COc1cccc([N+](=O)[O-])c1. The van der Waals surface area contributed by atoms with Crippen molar-refractivity contribution in [3.05, 3.63) is 76.9 Å². The van der Waals surface area contributed by atoms with E-state index in [-0.39, 0.29) is 30.0 Å². The van der Waals surface area contributed by atoms with Crippen LogP contribution in [0.2, 0.25) is 0 Å². The normalized spacial score (nSPS) is 11.6. The number of hydrogen-bond acceptors (Lipinski definition) is 6. The molecule has 0 saturated carbocycles. The van der Waals surface area contributed by atoms with Gasteiger partial charge in [0, 0.05) is 13.1 Å². The van der Waals surface area contributed by atoms with Crippen LogP contribution in [0.5, 0.6) is 5.75 Å². The third kappa shape index (κ3) is 4.32. The molecule has 0 saturated heterocycles. The van der Waals surface area contributed by atoms with Gasteiger partial charge in [-0.1, -0.05) is 18.2 Å². The smallest absolute Gasteiger partial charge is 0.273 e. The Morgan fingerprint density at radius 3 is 2.68 bits per heavy atom. The highest BCUT2D eigenvalue weighted by molar-refractivity contribution is 5.78. The number of nitro benzene ring substituents is 1. The molecule has 0 aliphatic carbocycles. The number of benzene rings is 2. The number of amides is 1. The van der Waals surface area contributed by atoms with Gasteiger partial charge in [-0.05, 0) is 30.7 Å². The standard InChI is InChI=1S/C19H19N5O4/c1-14(15-6-8-16(9-7-15)23-13-20-12-21-23)22(2)19(25)11-28-18-5-3-4-17(10-18)24(26)27/h3-10,12-14H,11H2,1-2H3. The molecule has 0 N–H and O–H groups in total. The van der Waals surface area contributed by atoms with Crippen LogP contribution in [0.4, 0.5) is 5.69 Å². The van der Waals surface area contributed by atoms with Crippen molar-refractivity contribution >= 4 is 11.6 Å². The highest BCUT2D eigenvalue weighted by Crippen LogP contribution is 2.22. The average Bonchev–Trinajstić information content (AvgIpc) is 3.26. The molecule has 1 unspecified atom stereocenters. The number of hydrogen-bond donors (Lipinski definition) is 0. The summed E-state index contributed by atoms with van der Waals surface area (Å²) in [6.07, 6.45) is 3.07. The van der Waals surface area contributed by atoms with Gasteiger partial charge in [0.15, 0.2) is 6.61 Å². The summed E-state index contributed by atoms with van der Waals surface area (Å²) in [6, 6.07) is 13.2. The molecule has 1 aromatic heterocycles. The minimum absolute atomic E-state index is 0.0841. The van der Waals surface area contributed by atoms with Gasteiger partial charge in [-0.15, -0.1) is 0 Å². The Bertz CT molecular complexity index is 957. The molecule has 0 bridgehead atoms. The van der Waals surface area contributed by atoms with Crippen molar-refractivity contribution in [1.29, 1.82) is 0 Å². The highest BCUT2D eigenvalue weighted by atomic mass is 16.6. The predicted octanol–water partition coefficient (Wildman–Crippen LogP) is 2.77. The lowest BCUT2D eigenvalue weighted by molar-refractivity contribution is -0.384. The Morgan fingerprint density at radius 1 is 1.29 bits per heavy atom. The summed E-state index contributed by atoms with van der Waals surface area (Å²) in [5.41, 5.74) is 1.74. The second-order valence-electron chi connectivity index (χ2n) is 6.16. The molecule has 144 valence electrons. The van der Waals surface area contributed by atoms with Gasteiger partial charge in [0.1, 0.15) is 18.4 Å². The van der Waals surface area contributed by atoms with Crippen LogP contribution in [0.25, 0.3) is 5.69 Å². The average molecular weight is 381 g/mol. The molecule has 9 heteroatoms. The van der Waals surface area contributed by atoms with E-state index in [0.717, 1.165) is 11.3 Å². The molecular weight excluding hydrogens is 362 g/mol. The molecule has 0 spiro atoms. The number of nitrogens with zero attached hydrogens (tertiary/aromatic N) is 5. The van der Waals surface area contributed by atoms with E-state index < -0.39 is 4.92 Å². The summed E-state index contributed by atoms with van der Waals surface area (Å²) in [5, 5.41) is 14.9. The molecule has 0 radical (unpaired) electrons. The molecule has 1 heterocycles. The minimum Gasteiger partial charge on any atom is -0.484 e. The molecule has 2 aromatic carbocycles. The fourth-order valence-corrected chi connectivity index (χ4v) is 2.62. The second-order valence-corrected chi connectivity index (χ2v) is 6.16. The Kier molecular flexibility index (Phi) is 5.64. The lowest BCUT2D eigenvalue weighted by Crippen LogP contribution is -2.33. The lowest BCUT2D eigenvalue weighted by atomic mass is 10.1. The molecule has 0 aliphatic rings. The Labute approximate surface area is 161 Å². The molecule has 0 aliphatic heterocycles. The lowest BCUT2D eigenvalue weighted by Gasteiger charge is -2.25. The van der Waals surface area contributed by atoms with Crippen LogP contribution in [-0.4, -0.2) is 44.1 Å². The van der Waals surface area contributed by atoms with Gasteiger partial charge in [0.25, 0.3) is 11.6 Å². The number of nitro groups is 1. The molecule has 0 fully saturated rings. The molecule has 3 aromatic rings. The van der Waals surface area contributed by atoms with E-state index in [4.69, 9.17) is 4.74 Å². The van der Waals surface area contributed by atoms with E-state index in [1.165, 1.54) is 24.5 Å². The Balaban J connectivity index is 1.61. The van der Waals surface area contributed by atoms with Crippen molar-refractivity contribution < 1.29 is 14.5 Å². The van der Waals surface area contributed by atoms with Gasteiger partial charge >= 0.3 is 0 Å². The summed E-state index contributed by atoms with van der Waals surface area (Å²) in [7, 11) is 1.69. The number of aromatic nitrogens is 3. The Hall–Kier alpha value is -3.75. The number of ether oxygens (including phenoxy) is 1. The quantitative estimate of drug-likeness (QED) is 0.460. The maximum atomic E-state index is 12.4. The van der Waals surface area contributed by atoms with Crippen molar-refractivity contribution in [3.8, 4) is 11.4 Å².